The van der Waals surface area contributed by atoms with Crippen molar-refractivity contribution in [2.24, 2.45) is 0 Å². The molecule has 4 rings (SSSR count). The van der Waals surface area contributed by atoms with Crippen molar-refractivity contribution in [1.29, 1.82) is 0 Å². The van der Waals surface area contributed by atoms with E-state index in [4.69, 9.17) is 18.6 Å². The van der Waals surface area contributed by atoms with E-state index in [-0.39, 0.29) is 30.7 Å². The summed E-state index contributed by atoms with van der Waals surface area (Å²) in [5.41, 5.74) is 1.52. The van der Waals surface area contributed by atoms with Gasteiger partial charge < -0.3 is 18.6 Å². The van der Waals surface area contributed by atoms with Crippen LogP contribution >= 0.6 is 0 Å². The number of esters is 1. The van der Waals surface area contributed by atoms with Gasteiger partial charge in [0, 0.05) is 17.7 Å². The lowest BCUT2D eigenvalue weighted by Crippen LogP contribution is -2.14. The number of nitro benzene ring substituents is 1. The van der Waals surface area contributed by atoms with Crippen LogP contribution < -0.4 is 9.47 Å². The zero-order chi connectivity index (χ0) is 23.8. The van der Waals surface area contributed by atoms with Gasteiger partial charge in [-0.25, -0.2) is 4.79 Å². The summed E-state index contributed by atoms with van der Waals surface area (Å²) in [7, 11) is 0. The monoisotopic (exact) mass is 461 g/mol. The summed E-state index contributed by atoms with van der Waals surface area (Å²) in [5.74, 6) is 0.800. The minimum atomic E-state index is -0.612. The first-order valence-corrected chi connectivity index (χ1v) is 10.2. The lowest BCUT2D eigenvalue weighted by molar-refractivity contribution is -0.384. The van der Waals surface area contributed by atoms with Crippen molar-refractivity contribution in [3.05, 3.63) is 100 Å². The first kappa shape index (κ1) is 22.5. The van der Waals surface area contributed by atoms with Gasteiger partial charge >= 0.3 is 5.97 Å². The fourth-order valence-electron chi connectivity index (χ4n) is 2.85. The highest BCUT2D eigenvalue weighted by atomic mass is 16.6. The number of hydrogen-bond acceptors (Lipinski definition) is 9. The standard InChI is InChI=1S/C24H19N3O7/c28-23(16-32-21-12-10-20(11-13-21)31-14-17-4-2-1-3-5-17)33-15-22-25-26-24(34-22)18-6-8-19(9-7-18)27(29)30/h1-13H,14-16H2. The molecule has 0 aliphatic heterocycles. The van der Waals surface area contributed by atoms with Crippen LogP contribution in [0.2, 0.25) is 0 Å². The highest BCUT2D eigenvalue weighted by Gasteiger charge is 2.13. The predicted molar refractivity (Wildman–Crippen MR) is 119 cm³/mol. The zero-order valence-corrected chi connectivity index (χ0v) is 17.8. The zero-order valence-electron chi connectivity index (χ0n) is 17.8. The van der Waals surface area contributed by atoms with E-state index in [2.05, 4.69) is 10.2 Å². The summed E-state index contributed by atoms with van der Waals surface area (Å²) >= 11 is 0. The maximum atomic E-state index is 12.0. The molecular weight excluding hydrogens is 442 g/mol. The Morgan fingerprint density at radius 1 is 0.853 bits per heavy atom. The third kappa shape index (κ3) is 6.16. The second-order valence-electron chi connectivity index (χ2n) is 7.00. The minimum Gasteiger partial charge on any atom is -0.489 e. The first-order chi connectivity index (χ1) is 16.6. The van der Waals surface area contributed by atoms with Crippen LogP contribution in [0.25, 0.3) is 11.5 Å². The molecule has 1 heterocycles. The van der Waals surface area contributed by atoms with E-state index >= 15 is 0 Å². The number of carbonyl (C=O) groups is 1. The SMILES string of the molecule is O=C(COc1ccc(OCc2ccccc2)cc1)OCc1nnc(-c2ccc([N+](=O)[O-])cc2)o1. The Hall–Kier alpha value is -4.73. The van der Waals surface area contributed by atoms with Gasteiger partial charge in [0.05, 0.1) is 4.92 Å². The van der Waals surface area contributed by atoms with Gasteiger partial charge in [-0.2, -0.15) is 0 Å². The summed E-state index contributed by atoms with van der Waals surface area (Å²) in [6, 6.07) is 22.4. The van der Waals surface area contributed by atoms with Gasteiger partial charge in [0.25, 0.3) is 11.6 Å². The molecule has 0 atom stereocenters. The number of hydrogen-bond donors (Lipinski definition) is 0. The van der Waals surface area contributed by atoms with E-state index < -0.39 is 10.9 Å². The van der Waals surface area contributed by atoms with Crippen LogP contribution in [0.4, 0.5) is 5.69 Å². The summed E-state index contributed by atoms with van der Waals surface area (Å²) in [6.07, 6.45) is 0. The van der Waals surface area contributed by atoms with E-state index in [9.17, 15) is 14.9 Å². The fourth-order valence-corrected chi connectivity index (χ4v) is 2.85. The minimum absolute atomic E-state index is 0.0493. The van der Waals surface area contributed by atoms with E-state index in [1.54, 1.807) is 24.3 Å². The van der Waals surface area contributed by atoms with Crippen molar-refractivity contribution in [2.45, 2.75) is 13.2 Å². The molecule has 0 aliphatic rings. The van der Waals surface area contributed by atoms with Crippen LogP contribution in [0.15, 0.2) is 83.3 Å². The number of rotatable bonds is 10. The topological polar surface area (TPSA) is 127 Å². The van der Waals surface area contributed by atoms with Gasteiger partial charge in [-0.1, -0.05) is 30.3 Å². The van der Waals surface area contributed by atoms with Gasteiger partial charge in [-0.3, -0.25) is 10.1 Å². The molecule has 10 nitrogen and oxygen atoms in total. The molecule has 0 amide bonds. The van der Waals surface area contributed by atoms with Gasteiger partial charge in [-0.15, -0.1) is 10.2 Å². The van der Waals surface area contributed by atoms with E-state index in [1.807, 2.05) is 30.3 Å². The smallest absolute Gasteiger partial charge is 0.344 e. The van der Waals surface area contributed by atoms with E-state index in [0.717, 1.165) is 5.56 Å². The van der Waals surface area contributed by atoms with Gasteiger partial charge in [-0.05, 0) is 42.0 Å². The molecule has 0 N–H and O–H groups in total. The van der Waals surface area contributed by atoms with Crippen molar-refractivity contribution in [3.63, 3.8) is 0 Å². The number of benzene rings is 3. The van der Waals surface area contributed by atoms with Crippen molar-refractivity contribution < 1.29 is 28.3 Å². The largest absolute Gasteiger partial charge is 0.489 e. The molecule has 4 aromatic rings. The summed E-state index contributed by atoms with van der Waals surface area (Å²) < 4.78 is 21.7. The van der Waals surface area contributed by atoms with Crippen LogP contribution in [0, 0.1) is 10.1 Å². The summed E-state index contributed by atoms with van der Waals surface area (Å²) in [4.78, 5) is 22.2. The maximum Gasteiger partial charge on any atom is 0.344 e. The molecule has 0 bridgehead atoms. The molecule has 34 heavy (non-hydrogen) atoms. The van der Waals surface area contributed by atoms with Crippen LogP contribution in [-0.4, -0.2) is 27.7 Å². The van der Waals surface area contributed by atoms with Gasteiger partial charge in [0.1, 0.15) is 18.1 Å². The maximum absolute atomic E-state index is 12.0. The number of nitro groups is 1. The molecule has 10 heteroatoms. The molecule has 0 unspecified atom stereocenters. The second kappa shape index (κ2) is 10.7. The van der Waals surface area contributed by atoms with Crippen LogP contribution in [0.1, 0.15) is 11.5 Å². The Kier molecular flexibility index (Phi) is 7.09. The lowest BCUT2D eigenvalue weighted by Gasteiger charge is -2.08. The van der Waals surface area contributed by atoms with Gasteiger partial charge in [0.2, 0.25) is 5.89 Å². The number of non-ortho nitro benzene ring substituents is 1. The average molecular weight is 461 g/mol. The number of aromatic nitrogens is 2. The molecule has 0 radical (unpaired) electrons. The Balaban J connectivity index is 1.20. The molecule has 3 aromatic carbocycles. The van der Waals surface area contributed by atoms with E-state index in [0.29, 0.717) is 23.7 Å². The summed E-state index contributed by atoms with van der Waals surface area (Å²) in [5, 5.41) is 18.4. The number of carbonyl (C=O) groups excluding carboxylic acids is 1. The molecule has 0 fully saturated rings. The third-order valence-corrected chi connectivity index (χ3v) is 4.58. The van der Waals surface area contributed by atoms with Crippen molar-refractivity contribution in [3.8, 4) is 23.0 Å². The Morgan fingerprint density at radius 3 is 2.21 bits per heavy atom. The van der Waals surface area contributed by atoms with Crippen molar-refractivity contribution >= 4 is 11.7 Å². The predicted octanol–water partition coefficient (Wildman–Crippen LogP) is 4.35. The Bertz CT molecular complexity index is 1240. The highest BCUT2D eigenvalue weighted by molar-refractivity contribution is 5.71. The van der Waals surface area contributed by atoms with Gasteiger partial charge in [0.15, 0.2) is 13.2 Å². The molecule has 0 aliphatic carbocycles. The quantitative estimate of drug-likeness (QED) is 0.192. The number of ether oxygens (including phenoxy) is 3. The molecular formula is C24H19N3O7. The average Bonchev–Trinajstić information content (AvgIpc) is 3.35. The number of nitrogens with zero attached hydrogens (tertiary/aromatic N) is 3. The van der Waals surface area contributed by atoms with Crippen LogP contribution in [0.5, 0.6) is 11.5 Å². The Labute approximate surface area is 193 Å². The molecule has 172 valence electrons. The lowest BCUT2D eigenvalue weighted by atomic mass is 10.2. The Morgan fingerprint density at radius 2 is 1.53 bits per heavy atom. The first-order valence-electron chi connectivity index (χ1n) is 10.2. The highest BCUT2D eigenvalue weighted by Crippen LogP contribution is 2.22. The third-order valence-electron chi connectivity index (χ3n) is 4.58. The van der Waals surface area contributed by atoms with Crippen LogP contribution in [0.3, 0.4) is 0 Å². The molecule has 1 aromatic heterocycles. The molecule has 0 saturated carbocycles. The second-order valence-corrected chi connectivity index (χ2v) is 7.00. The van der Waals surface area contributed by atoms with Crippen LogP contribution in [-0.2, 0) is 22.7 Å². The van der Waals surface area contributed by atoms with Crippen molar-refractivity contribution in [2.75, 3.05) is 6.61 Å². The van der Waals surface area contributed by atoms with E-state index in [1.165, 1.54) is 24.3 Å². The normalized spacial score (nSPS) is 10.5. The summed E-state index contributed by atoms with van der Waals surface area (Å²) in [6.45, 7) is -0.0725. The fraction of sp³-hybridized carbons (Fsp3) is 0.125. The van der Waals surface area contributed by atoms with Crippen molar-refractivity contribution in [1.82, 2.24) is 10.2 Å². The molecule has 0 spiro atoms. The molecule has 0 saturated heterocycles.